The lowest BCUT2D eigenvalue weighted by molar-refractivity contribution is 0.945. The van der Waals surface area contributed by atoms with Crippen molar-refractivity contribution in [2.45, 2.75) is 13.5 Å². The number of aryl methyl sites for hydroxylation is 1. The molecule has 0 aliphatic carbocycles. The molecule has 0 aliphatic rings. The molecule has 1 heterocycles. The highest BCUT2D eigenvalue weighted by Gasteiger charge is 2.03. The van der Waals surface area contributed by atoms with E-state index in [1.807, 2.05) is 31.2 Å². The van der Waals surface area contributed by atoms with Crippen LogP contribution in [0.4, 0.5) is 0 Å². The summed E-state index contributed by atoms with van der Waals surface area (Å²) in [4.78, 5) is 14.1. The molecular weight excluding hydrogens is 190 g/mol. The van der Waals surface area contributed by atoms with Crippen molar-refractivity contribution in [1.29, 1.82) is 0 Å². The Balaban J connectivity index is 2.50. The van der Waals surface area contributed by atoms with Crippen LogP contribution in [0.25, 0.3) is 5.69 Å². The van der Waals surface area contributed by atoms with Crippen LogP contribution in [0, 0.1) is 6.92 Å². The normalized spacial score (nSPS) is 10.5. The van der Waals surface area contributed by atoms with Crippen molar-refractivity contribution >= 4 is 0 Å². The maximum absolute atomic E-state index is 11.5. The first-order chi connectivity index (χ1) is 7.22. The molecular formula is C11H13N3O. The molecule has 0 bridgehead atoms. The third kappa shape index (κ3) is 1.71. The van der Waals surface area contributed by atoms with Gasteiger partial charge in [-0.25, -0.2) is 4.79 Å². The molecule has 0 amide bonds. The van der Waals surface area contributed by atoms with Crippen LogP contribution in [-0.2, 0) is 6.54 Å². The van der Waals surface area contributed by atoms with E-state index in [2.05, 4.69) is 4.98 Å². The fourth-order valence-corrected chi connectivity index (χ4v) is 1.56. The van der Waals surface area contributed by atoms with E-state index in [-0.39, 0.29) is 5.69 Å². The molecule has 0 spiro atoms. The minimum absolute atomic E-state index is 0.118. The zero-order chi connectivity index (χ0) is 10.8. The topological polar surface area (TPSA) is 63.8 Å². The summed E-state index contributed by atoms with van der Waals surface area (Å²) in [6, 6.07) is 7.64. The molecule has 0 aliphatic heterocycles. The number of hydrogen-bond acceptors (Lipinski definition) is 2. The van der Waals surface area contributed by atoms with E-state index >= 15 is 0 Å². The van der Waals surface area contributed by atoms with Gasteiger partial charge in [0.1, 0.15) is 0 Å². The highest BCUT2D eigenvalue weighted by Crippen LogP contribution is 2.09. The number of benzene rings is 1. The Morgan fingerprint density at radius 2 is 2.00 bits per heavy atom. The van der Waals surface area contributed by atoms with E-state index < -0.39 is 0 Å². The Morgan fingerprint density at radius 1 is 1.33 bits per heavy atom. The number of nitrogens with two attached hydrogens (primary N) is 1. The number of H-pyrrole nitrogens is 1. The molecule has 4 nitrogen and oxygen atoms in total. The van der Waals surface area contributed by atoms with Crippen molar-refractivity contribution in [3.8, 4) is 5.69 Å². The Bertz CT molecular complexity index is 507. The van der Waals surface area contributed by atoms with E-state index in [9.17, 15) is 4.79 Å². The van der Waals surface area contributed by atoms with Crippen LogP contribution < -0.4 is 11.4 Å². The highest BCUT2D eigenvalue weighted by atomic mass is 16.1. The number of imidazole rings is 1. The van der Waals surface area contributed by atoms with Crippen LogP contribution in [0.15, 0.2) is 35.3 Å². The van der Waals surface area contributed by atoms with Crippen LogP contribution in [0.1, 0.15) is 11.3 Å². The number of hydrogen-bond donors (Lipinski definition) is 2. The lowest BCUT2D eigenvalue weighted by Gasteiger charge is -2.04. The van der Waals surface area contributed by atoms with Crippen molar-refractivity contribution in [2.24, 2.45) is 5.73 Å². The second kappa shape index (κ2) is 3.74. The van der Waals surface area contributed by atoms with Gasteiger partial charge in [0.2, 0.25) is 0 Å². The van der Waals surface area contributed by atoms with Gasteiger partial charge in [0.25, 0.3) is 0 Å². The molecule has 0 saturated carbocycles. The molecule has 0 saturated heterocycles. The Labute approximate surface area is 87.4 Å². The fourth-order valence-electron chi connectivity index (χ4n) is 1.56. The number of aromatic nitrogens is 2. The van der Waals surface area contributed by atoms with Crippen molar-refractivity contribution in [3.05, 3.63) is 52.2 Å². The van der Waals surface area contributed by atoms with Gasteiger partial charge in [-0.05, 0) is 24.6 Å². The smallest absolute Gasteiger partial charge is 0.326 e. The van der Waals surface area contributed by atoms with Gasteiger partial charge in [0.15, 0.2) is 0 Å². The summed E-state index contributed by atoms with van der Waals surface area (Å²) < 4.78 is 1.63. The SMILES string of the molecule is Cc1c[nH]c(=O)n1-c1ccc(CN)cc1. The molecule has 1 aromatic heterocycles. The molecule has 78 valence electrons. The van der Waals surface area contributed by atoms with Crippen LogP contribution >= 0.6 is 0 Å². The third-order valence-corrected chi connectivity index (χ3v) is 2.39. The summed E-state index contributed by atoms with van der Waals surface area (Å²) in [5.74, 6) is 0. The van der Waals surface area contributed by atoms with Crippen LogP contribution in [-0.4, -0.2) is 9.55 Å². The average molecular weight is 203 g/mol. The van der Waals surface area contributed by atoms with Crippen molar-refractivity contribution < 1.29 is 0 Å². The summed E-state index contributed by atoms with van der Waals surface area (Å²) in [6.07, 6.45) is 1.69. The van der Waals surface area contributed by atoms with E-state index in [4.69, 9.17) is 5.73 Å². The molecule has 4 heteroatoms. The Morgan fingerprint density at radius 3 is 2.47 bits per heavy atom. The Kier molecular flexibility index (Phi) is 2.43. The zero-order valence-corrected chi connectivity index (χ0v) is 8.53. The Hall–Kier alpha value is -1.81. The van der Waals surface area contributed by atoms with E-state index in [1.165, 1.54) is 0 Å². The predicted octanol–water partition coefficient (Wildman–Crippen LogP) is 0.933. The van der Waals surface area contributed by atoms with Gasteiger partial charge >= 0.3 is 5.69 Å². The van der Waals surface area contributed by atoms with E-state index in [1.54, 1.807) is 10.8 Å². The van der Waals surface area contributed by atoms with Crippen LogP contribution in [0.2, 0.25) is 0 Å². The predicted molar refractivity (Wildman–Crippen MR) is 59.0 cm³/mol. The molecule has 3 N–H and O–H groups in total. The molecule has 0 radical (unpaired) electrons. The van der Waals surface area contributed by atoms with Gasteiger partial charge in [0, 0.05) is 18.4 Å². The van der Waals surface area contributed by atoms with E-state index in [0.29, 0.717) is 6.54 Å². The summed E-state index contributed by atoms with van der Waals surface area (Å²) in [5, 5.41) is 0. The summed E-state index contributed by atoms with van der Waals surface area (Å²) >= 11 is 0. The summed E-state index contributed by atoms with van der Waals surface area (Å²) in [6.45, 7) is 2.40. The second-order valence-electron chi connectivity index (χ2n) is 3.44. The number of aromatic amines is 1. The fraction of sp³-hybridized carbons (Fsp3) is 0.182. The summed E-state index contributed by atoms with van der Waals surface area (Å²) in [7, 11) is 0. The van der Waals surface area contributed by atoms with Crippen molar-refractivity contribution in [3.63, 3.8) is 0 Å². The van der Waals surface area contributed by atoms with Gasteiger partial charge < -0.3 is 10.7 Å². The highest BCUT2D eigenvalue weighted by molar-refractivity contribution is 5.36. The van der Waals surface area contributed by atoms with Gasteiger partial charge in [-0.3, -0.25) is 4.57 Å². The van der Waals surface area contributed by atoms with Gasteiger partial charge in [-0.2, -0.15) is 0 Å². The molecule has 2 rings (SSSR count). The van der Waals surface area contributed by atoms with Crippen LogP contribution in [0.3, 0.4) is 0 Å². The maximum Gasteiger partial charge on any atom is 0.330 e. The first kappa shape index (κ1) is 9.73. The summed E-state index contributed by atoms with van der Waals surface area (Å²) in [5.41, 5.74) is 8.19. The minimum atomic E-state index is -0.118. The number of rotatable bonds is 2. The minimum Gasteiger partial charge on any atom is -0.326 e. The molecule has 0 unspecified atom stereocenters. The van der Waals surface area contributed by atoms with Gasteiger partial charge in [-0.1, -0.05) is 12.1 Å². The first-order valence-electron chi connectivity index (χ1n) is 4.79. The quantitative estimate of drug-likeness (QED) is 0.762. The number of nitrogens with one attached hydrogen (secondary N) is 1. The van der Waals surface area contributed by atoms with Crippen molar-refractivity contribution in [1.82, 2.24) is 9.55 Å². The van der Waals surface area contributed by atoms with Crippen LogP contribution in [0.5, 0.6) is 0 Å². The lowest BCUT2D eigenvalue weighted by atomic mass is 10.2. The second-order valence-corrected chi connectivity index (χ2v) is 3.44. The monoisotopic (exact) mass is 203 g/mol. The van der Waals surface area contributed by atoms with E-state index in [0.717, 1.165) is 16.9 Å². The largest absolute Gasteiger partial charge is 0.330 e. The molecule has 0 atom stereocenters. The molecule has 2 aromatic rings. The lowest BCUT2D eigenvalue weighted by Crippen LogP contribution is -2.15. The zero-order valence-electron chi connectivity index (χ0n) is 8.53. The molecule has 1 aromatic carbocycles. The maximum atomic E-state index is 11.5. The van der Waals surface area contributed by atoms with Gasteiger partial charge in [0.05, 0.1) is 5.69 Å². The average Bonchev–Trinajstić information content (AvgIpc) is 2.59. The first-order valence-corrected chi connectivity index (χ1v) is 4.79. The standard InChI is InChI=1S/C11H13N3O/c1-8-7-13-11(15)14(8)10-4-2-9(6-12)3-5-10/h2-5,7H,6,12H2,1H3,(H,13,15). The van der Waals surface area contributed by atoms with Gasteiger partial charge in [-0.15, -0.1) is 0 Å². The third-order valence-electron chi connectivity index (χ3n) is 2.39. The number of nitrogens with zero attached hydrogens (tertiary/aromatic N) is 1. The molecule has 15 heavy (non-hydrogen) atoms. The van der Waals surface area contributed by atoms with Crippen molar-refractivity contribution in [2.75, 3.05) is 0 Å². The molecule has 0 fully saturated rings.